The Hall–Kier alpha value is -2.35. The maximum absolute atomic E-state index is 5.47. The Bertz CT molecular complexity index is 620. The fourth-order valence-electron chi connectivity index (χ4n) is 2.14. The van der Waals surface area contributed by atoms with Crippen molar-refractivity contribution in [3.05, 3.63) is 83.4 Å². The van der Waals surface area contributed by atoms with Gasteiger partial charge in [-0.2, -0.15) is 0 Å². The van der Waals surface area contributed by atoms with Crippen molar-refractivity contribution in [2.45, 2.75) is 13.8 Å². The predicted octanol–water partition coefficient (Wildman–Crippen LogP) is 4.07. The number of rotatable bonds is 2. The molecule has 108 valence electrons. The van der Waals surface area contributed by atoms with Crippen LogP contribution in [0.5, 0.6) is 0 Å². The Morgan fingerprint density at radius 2 is 1.33 bits per heavy atom. The molecule has 0 aromatic heterocycles. The summed E-state index contributed by atoms with van der Waals surface area (Å²) < 4.78 is 7.56. The molecule has 0 saturated carbocycles. The molecule has 1 aliphatic carbocycles. The lowest BCUT2D eigenvalue weighted by molar-refractivity contribution is -0.462. The SMILES string of the molecule is CC1=CC(=C/C=C\C=C2C=CC(=[N+](C)C)C=C2)C=C(C)O1. The molecular weight excluding hydrogens is 258 g/mol. The van der Waals surface area contributed by atoms with E-state index >= 15 is 0 Å². The normalized spacial score (nSPS) is 17.6. The van der Waals surface area contributed by atoms with Crippen LogP contribution in [0, 0.1) is 0 Å². The van der Waals surface area contributed by atoms with Crippen LogP contribution < -0.4 is 0 Å². The molecule has 2 aliphatic rings. The molecule has 0 aromatic carbocycles. The van der Waals surface area contributed by atoms with Crippen molar-refractivity contribution >= 4 is 5.71 Å². The van der Waals surface area contributed by atoms with Gasteiger partial charge in [0.1, 0.15) is 25.6 Å². The Morgan fingerprint density at radius 1 is 0.810 bits per heavy atom. The molecule has 0 bridgehead atoms. The van der Waals surface area contributed by atoms with Crippen molar-refractivity contribution < 1.29 is 9.31 Å². The van der Waals surface area contributed by atoms with E-state index in [2.05, 4.69) is 47.1 Å². The van der Waals surface area contributed by atoms with Gasteiger partial charge in [-0.15, -0.1) is 0 Å². The average molecular weight is 280 g/mol. The van der Waals surface area contributed by atoms with Gasteiger partial charge in [0.25, 0.3) is 0 Å². The fraction of sp³-hybridized carbons (Fsp3) is 0.211. The predicted molar refractivity (Wildman–Crippen MR) is 89.3 cm³/mol. The van der Waals surface area contributed by atoms with Crippen LogP contribution in [0.1, 0.15) is 13.8 Å². The van der Waals surface area contributed by atoms with Crippen LogP contribution >= 0.6 is 0 Å². The second-order valence-corrected chi connectivity index (χ2v) is 5.32. The molecule has 0 amide bonds. The van der Waals surface area contributed by atoms with Gasteiger partial charge in [0.2, 0.25) is 0 Å². The standard InChI is InChI=1S/C19H22NO/c1-15-13-18(14-16(2)21-15)8-6-5-7-17-9-11-19(12-10-17)20(3)4/h5-14H,1-4H3/q+1/b6-5-. The smallest absolute Gasteiger partial charge is 0.199 e. The highest BCUT2D eigenvalue weighted by Gasteiger charge is 2.03. The maximum Gasteiger partial charge on any atom is 0.199 e. The summed E-state index contributed by atoms with van der Waals surface area (Å²) in [7, 11) is 4.09. The first-order valence-corrected chi connectivity index (χ1v) is 7.08. The van der Waals surface area contributed by atoms with E-state index < -0.39 is 0 Å². The van der Waals surface area contributed by atoms with Gasteiger partial charge in [-0.3, -0.25) is 0 Å². The number of ether oxygens (including phenoxy) is 1. The number of hydrogen-bond donors (Lipinski definition) is 0. The van der Waals surface area contributed by atoms with Crippen LogP contribution in [0.3, 0.4) is 0 Å². The molecule has 0 unspecified atom stereocenters. The zero-order chi connectivity index (χ0) is 15.2. The number of nitrogens with zero attached hydrogens (tertiary/aromatic N) is 1. The first kappa shape index (κ1) is 15.0. The molecule has 0 fully saturated rings. The molecule has 2 rings (SSSR count). The van der Waals surface area contributed by atoms with Crippen molar-refractivity contribution in [1.29, 1.82) is 0 Å². The molecule has 2 heteroatoms. The zero-order valence-electron chi connectivity index (χ0n) is 13.1. The summed E-state index contributed by atoms with van der Waals surface area (Å²) in [6, 6.07) is 0. The van der Waals surface area contributed by atoms with E-state index in [0.29, 0.717) is 0 Å². The molecule has 0 N–H and O–H groups in total. The maximum atomic E-state index is 5.47. The second-order valence-electron chi connectivity index (χ2n) is 5.32. The van der Waals surface area contributed by atoms with Gasteiger partial charge in [0, 0.05) is 12.2 Å². The van der Waals surface area contributed by atoms with E-state index in [1.807, 2.05) is 46.2 Å². The molecule has 0 aromatic rings. The van der Waals surface area contributed by atoms with Crippen LogP contribution in [0.2, 0.25) is 0 Å². The minimum absolute atomic E-state index is 0.929. The Kier molecular flexibility index (Phi) is 4.94. The van der Waals surface area contributed by atoms with Crippen molar-refractivity contribution in [1.82, 2.24) is 0 Å². The Morgan fingerprint density at radius 3 is 1.86 bits per heavy atom. The van der Waals surface area contributed by atoms with Gasteiger partial charge in [0.05, 0.1) is 0 Å². The van der Waals surface area contributed by atoms with Gasteiger partial charge in [0.15, 0.2) is 5.71 Å². The van der Waals surface area contributed by atoms with E-state index in [0.717, 1.165) is 17.1 Å². The van der Waals surface area contributed by atoms with Gasteiger partial charge in [-0.25, -0.2) is 4.58 Å². The zero-order valence-corrected chi connectivity index (χ0v) is 13.1. The lowest BCUT2D eigenvalue weighted by Gasteiger charge is -2.11. The van der Waals surface area contributed by atoms with E-state index in [9.17, 15) is 0 Å². The number of allylic oxidation sites excluding steroid dienone is 14. The third-order valence-electron chi connectivity index (χ3n) is 3.16. The van der Waals surface area contributed by atoms with Gasteiger partial charge in [-0.05, 0) is 49.3 Å². The van der Waals surface area contributed by atoms with Crippen LogP contribution in [0.4, 0.5) is 0 Å². The highest BCUT2D eigenvalue weighted by molar-refractivity contribution is 6.02. The van der Waals surface area contributed by atoms with Gasteiger partial charge >= 0.3 is 0 Å². The molecule has 1 heterocycles. The highest BCUT2D eigenvalue weighted by atomic mass is 16.5. The quantitative estimate of drug-likeness (QED) is 0.694. The molecule has 2 nitrogen and oxygen atoms in total. The van der Waals surface area contributed by atoms with Crippen LogP contribution in [0.25, 0.3) is 0 Å². The second kappa shape index (κ2) is 6.89. The summed E-state index contributed by atoms with van der Waals surface area (Å²) in [5.74, 6) is 1.86. The van der Waals surface area contributed by atoms with Gasteiger partial charge < -0.3 is 4.74 Å². The Balaban J connectivity index is 2.03. The minimum atomic E-state index is 0.929. The third kappa shape index (κ3) is 4.60. The van der Waals surface area contributed by atoms with Crippen molar-refractivity contribution in [3.63, 3.8) is 0 Å². The first-order chi connectivity index (χ1) is 10.0. The lowest BCUT2D eigenvalue weighted by atomic mass is 10.1. The summed E-state index contributed by atoms with van der Waals surface area (Å²) in [5, 5.41) is 0. The van der Waals surface area contributed by atoms with E-state index in [1.165, 1.54) is 11.3 Å². The van der Waals surface area contributed by atoms with Crippen LogP contribution in [-0.2, 0) is 4.74 Å². The summed E-state index contributed by atoms with van der Waals surface area (Å²) >= 11 is 0. The Labute approximate surface area is 127 Å². The molecule has 21 heavy (non-hydrogen) atoms. The molecule has 0 atom stereocenters. The molecule has 1 aliphatic heterocycles. The van der Waals surface area contributed by atoms with Gasteiger partial charge in [-0.1, -0.05) is 24.3 Å². The molecule has 0 radical (unpaired) electrons. The van der Waals surface area contributed by atoms with E-state index in [4.69, 9.17) is 4.74 Å². The first-order valence-electron chi connectivity index (χ1n) is 7.08. The summed E-state index contributed by atoms with van der Waals surface area (Å²) in [6.45, 7) is 3.93. The van der Waals surface area contributed by atoms with Crippen molar-refractivity contribution in [3.8, 4) is 0 Å². The fourth-order valence-corrected chi connectivity index (χ4v) is 2.14. The lowest BCUT2D eigenvalue weighted by Crippen LogP contribution is -2.09. The molecule has 0 saturated heterocycles. The molecule has 0 spiro atoms. The summed E-state index contributed by atoms with van der Waals surface area (Å²) in [6.07, 6.45) is 20.8. The summed E-state index contributed by atoms with van der Waals surface area (Å²) in [5.41, 5.74) is 3.56. The topological polar surface area (TPSA) is 12.2 Å². The highest BCUT2D eigenvalue weighted by Crippen LogP contribution is 2.18. The van der Waals surface area contributed by atoms with E-state index in [1.54, 1.807) is 0 Å². The summed E-state index contributed by atoms with van der Waals surface area (Å²) in [4.78, 5) is 0. The van der Waals surface area contributed by atoms with Crippen molar-refractivity contribution in [2.75, 3.05) is 14.1 Å². The average Bonchev–Trinajstić information content (AvgIpc) is 2.43. The van der Waals surface area contributed by atoms with Crippen molar-refractivity contribution in [2.24, 2.45) is 0 Å². The monoisotopic (exact) mass is 280 g/mol. The van der Waals surface area contributed by atoms with Crippen LogP contribution in [0.15, 0.2) is 83.4 Å². The van der Waals surface area contributed by atoms with E-state index in [-0.39, 0.29) is 0 Å². The minimum Gasteiger partial charge on any atom is -0.467 e. The largest absolute Gasteiger partial charge is 0.467 e. The molecular formula is C19H22NO+. The number of hydrogen-bond acceptors (Lipinski definition) is 1. The van der Waals surface area contributed by atoms with Crippen LogP contribution in [-0.4, -0.2) is 24.4 Å². The third-order valence-corrected chi connectivity index (χ3v) is 3.16.